The van der Waals surface area contributed by atoms with Gasteiger partial charge in [-0.1, -0.05) is 6.08 Å². The first kappa shape index (κ1) is 17.4. The van der Waals surface area contributed by atoms with Crippen LogP contribution in [0, 0.1) is 5.92 Å². The maximum absolute atomic E-state index is 10.9. The first-order chi connectivity index (χ1) is 9.07. The zero-order chi connectivity index (χ0) is 15.6. The lowest BCUT2D eigenvalue weighted by Crippen LogP contribution is -2.61. The van der Waals surface area contributed by atoms with Crippen LogP contribution in [0.5, 0.6) is 0 Å². The van der Waals surface area contributed by atoms with Gasteiger partial charge in [-0.3, -0.25) is 4.84 Å². The third-order valence-electron chi connectivity index (χ3n) is 4.53. The second-order valence-corrected chi connectivity index (χ2v) is 7.71. The highest BCUT2D eigenvalue weighted by Crippen LogP contribution is 2.41. The summed E-state index contributed by atoms with van der Waals surface area (Å²) in [5.41, 5.74) is -0.424. The van der Waals surface area contributed by atoms with Crippen LogP contribution in [0.4, 0.5) is 0 Å². The minimum Gasteiger partial charge on any atom is -0.303 e. The molecule has 1 aliphatic rings. The molecule has 0 aliphatic carbocycles. The van der Waals surface area contributed by atoms with Gasteiger partial charge in [0.15, 0.2) is 0 Å². The number of piperidine rings is 1. The third kappa shape index (κ3) is 3.70. The average molecular weight is 281 g/mol. The van der Waals surface area contributed by atoms with E-state index >= 15 is 0 Å². The Hall–Kier alpha value is -0.670. The molecule has 116 valence electrons. The van der Waals surface area contributed by atoms with E-state index in [-0.39, 0.29) is 17.0 Å². The Labute approximate surface area is 124 Å². The Bertz CT molecular complexity index is 342. The predicted molar refractivity (Wildman–Crippen MR) is 83.4 cm³/mol. The quantitative estimate of drug-likeness (QED) is 0.541. The second-order valence-electron chi connectivity index (χ2n) is 7.71. The molecule has 1 rings (SSSR count). The molecule has 1 saturated heterocycles. The molecule has 3 heteroatoms. The molecule has 0 N–H and O–H groups in total. The van der Waals surface area contributed by atoms with E-state index in [0.717, 1.165) is 19.1 Å². The summed E-state index contributed by atoms with van der Waals surface area (Å²) < 4.78 is 0. The fraction of sp³-hybridized carbons (Fsp3) is 0.824. The molecule has 0 aromatic carbocycles. The highest BCUT2D eigenvalue weighted by molar-refractivity contribution is 5.50. The number of nitrogens with zero attached hydrogens (tertiary/aromatic N) is 1. The largest absolute Gasteiger partial charge is 0.303 e. The Balaban J connectivity index is 2.97. The van der Waals surface area contributed by atoms with Crippen LogP contribution in [0.25, 0.3) is 0 Å². The van der Waals surface area contributed by atoms with E-state index in [9.17, 15) is 4.79 Å². The van der Waals surface area contributed by atoms with E-state index < -0.39 is 5.60 Å². The maximum atomic E-state index is 10.9. The van der Waals surface area contributed by atoms with E-state index in [1.165, 1.54) is 6.42 Å². The van der Waals surface area contributed by atoms with Crippen LogP contribution in [0.3, 0.4) is 0 Å². The molecule has 1 unspecified atom stereocenters. The number of hydroxylamine groups is 2. The molecule has 1 heterocycles. The standard InChI is InChI=1S/C17H31NO2/c1-8-14(10-13-19)17(6,7)20-18-15(2,3)11-9-12-16(18,4)5/h8,13-14H,1,9-12H2,2-7H3. The number of aldehydes is 1. The summed E-state index contributed by atoms with van der Waals surface area (Å²) in [4.78, 5) is 17.3. The van der Waals surface area contributed by atoms with E-state index in [4.69, 9.17) is 4.84 Å². The summed E-state index contributed by atoms with van der Waals surface area (Å²) in [5.74, 6) is 0.0218. The van der Waals surface area contributed by atoms with Crippen molar-refractivity contribution in [2.45, 2.75) is 83.9 Å². The van der Waals surface area contributed by atoms with Gasteiger partial charge in [-0.05, 0) is 60.8 Å². The SMILES string of the molecule is C=CC(CC=O)C(C)(C)ON1C(C)(C)CCCC1(C)C. The number of carbonyl (C=O) groups excluding carboxylic acids is 1. The molecule has 20 heavy (non-hydrogen) atoms. The van der Waals surface area contributed by atoms with Gasteiger partial charge < -0.3 is 4.79 Å². The maximum Gasteiger partial charge on any atom is 0.120 e. The molecule has 0 radical (unpaired) electrons. The van der Waals surface area contributed by atoms with Gasteiger partial charge in [-0.25, -0.2) is 0 Å². The van der Waals surface area contributed by atoms with Crippen molar-refractivity contribution in [1.82, 2.24) is 5.06 Å². The third-order valence-corrected chi connectivity index (χ3v) is 4.53. The van der Waals surface area contributed by atoms with E-state index in [1.807, 2.05) is 19.9 Å². The highest BCUT2D eigenvalue weighted by atomic mass is 16.7. The van der Waals surface area contributed by atoms with Crippen molar-refractivity contribution < 1.29 is 9.63 Å². The van der Waals surface area contributed by atoms with Gasteiger partial charge in [0.1, 0.15) is 6.29 Å². The van der Waals surface area contributed by atoms with E-state index in [0.29, 0.717) is 6.42 Å². The van der Waals surface area contributed by atoms with Crippen LogP contribution in [0.2, 0.25) is 0 Å². The monoisotopic (exact) mass is 281 g/mol. The summed E-state index contributed by atoms with van der Waals surface area (Å²) in [6.45, 7) is 16.9. The Kier molecular flexibility index (Phi) is 5.20. The molecular formula is C17H31NO2. The average Bonchev–Trinajstić information content (AvgIpc) is 2.30. The van der Waals surface area contributed by atoms with Crippen LogP contribution in [-0.4, -0.2) is 28.0 Å². The van der Waals surface area contributed by atoms with E-state index in [1.54, 1.807) is 0 Å². The second kappa shape index (κ2) is 5.98. The van der Waals surface area contributed by atoms with Crippen molar-refractivity contribution in [2.75, 3.05) is 0 Å². The molecule has 1 fully saturated rings. The van der Waals surface area contributed by atoms with Crippen molar-refractivity contribution in [3.8, 4) is 0 Å². The zero-order valence-electron chi connectivity index (χ0n) is 14.0. The first-order valence-electron chi connectivity index (χ1n) is 7.62. The van der Waals surface area contributed by atoms with Crippen molar-refractivity contribution in [3.05, 3.63) is 12.7 Å². The van der Waals surface area contributed by atoms with Gasteiger partial charge in [-0.2, -0.15) is 5.06 Å². The molecule has 0 aromatic heterocycles. The summed E-state index contributed by atoms with van der Waals surface area (Å²) in [6.07, 6.45) is 6.70. The lowest BCUT2D eigenvalue weighted by Gasteiger charge is -2.54. The molecule has 0 amide bonds. The first-order valence-corrected chi connectivity index (χ1v) is 7.62. The minimum atomic E-state index is -0.436. The summed E-state index contributed by atoms with van der Waals surface area (Å²) >= 11 is 0. The molecule has 1 atom stereocenters. The van der Waals surface area contributed by atoms with Crippen LogP contribution in [0.15, 0.2) is 12.7 Å². The van der Waals surface area contributed by atoms with Gasteiger partial charge in [-0.15, -0.1) is 6.58 Å². The topological polar surface area (TPSA) is 29.5 Å². The van der Waals surface area contributed by atoms with Gasteiger partial charge >= 0.3 is 0 Å². The fourth-order valence-electron chi connectivity index (χ4n) is 3.29. The Morgan fingerprint density at radius 1 is 1.25 bits per heavy atom. The molecule has 0 aromatic rings. The number of hydrogen-bond acceptors (Lipinski definition) is 3. The molecular weight excluding hydrogens is 250 g/mol. The van der Waals surface area contributed by atoms with Gasteiger partial charge in [0.05, 0.1) is 5.60 Å². The normalized spacial score (nSPS) is 24.1. The Morgan fingerprint density at radius 2 is 1.75 bits per heavy atom. The minimum absolute atomic E-state index is 0.00587. The summed E-state index contributed by atoms with van der Waals surface area (Å²) in [5, 5.41) is 2.16. The van der Waals surface area contributed by atoms with Gasteiger partial charge in [0.2, 0.25) is 0 Å². The van der Waals surface area contributed by atoms with Gasteiger partial charge in [0, 0.05) is 23.4 Å². The number of carbonyl (C=O) groups is 1. The van der Waals surface area contributed by atoms with Crippen LogP contribution in [0.1, 0.15) is 67.2 Å². The molecule has 0 saturated carbocycles. The summed E-state index contributed by atoms with van der Waals surface area (Å²) in [6, 6.07) is 0. The van der Waals surface area contributed by atoms with Crippen molar-refractivity contribution in [2.24, 2.45) is 5.92 Å². The number of hydrogen-bond donors (Lipinski definition) is 0. The van der Waals surface area contributed by atoms with Crippen molar-refractivity contribution in [3.63, 3.8) is 0 Å². The van der Waals surface area contributed by atoms with Crippen molar-refractivity contribution in [1.29, 1.82) is 0 Å². The lowest BCUT2D eigenvalue weighted by atomic mass is 9.81. The van der Waals surface area contributed by atoms with E-state index in [2.05, 4.69) is 39.3 Å². The molecule has 1 aliphatic heterocycles. The van der Waals surface area contributed by atoms with Crippen LogP contribution in [-0.2, 0) is 9.63 Å². The lowest BCUT2D eigenvalue weighted by molar-refractivity contribution is -0.335. The highest BCUT2D eigenvalue weighted by Gasteiger charge is 2.46. The zero-order valence-corrected chi connectivity index (χ0v) is 14.0. The Morgan fingerprint density at radius 3 is 2.15 bits per heavy atom. The fourth-order valence-corrected chi connectivity index (χ4v) is 3.29. The summed E-state index contributed by atoms with van der Waals surface area (Å²) in [7, 11) is 0. The molecule has 0 spiro atoms. The van der Waals surface area contributed by atoms with Crippen LogP contribution < -0.4 is 0 Å². The molecule has 3 nitrogen and oxygen atoms in total. The molecule has 0 bridgehead atoms. The predicted octanol–water partition coefficient (Wildman–Crippen LogP) is 4.13. The smallest absolute Gasteiger partial charge is 0.120 e. The van der Waals surface area contributed by atoms with Gasteiger partial charge in [0.25, 0.3) is 0 Å². The van der Waals surface area contributed by atoms with Crippen molar-refractivity contribution >= 4 is 6.29 Å². The van der Waals surface area contributed by atoms with Crippen LogP contribution >= 0.6 is 0 Å². The number of rotatable bonds is 6.